The first-order valence-corrected chi connectivity index (χ1v) is 8.93. The zero-order valence-electron chi connectivity index (χ0n) is 14.3. The smallest absolute Gasteiger partial charge is 0.178 e. The molecule has 0 heterocycles. The van der Waals surface area contributed by atoms with E-state index in [1.165, 1.54) is 5.57 Å². The van der Waals surface area contributed by atoms with Crippen molar-refractivity contribution < 1.29 is 14.7 Å². The first kappa shape index (κ1) is 15.3. The lowest BCUT2D eigenvalue weighted by Crippen LogP contribution is -2.61. The molecular formula is C20H26O3. The van der Waals surface area contributed by atoms with Crippen molar-refractivity contribution in [2.24, 2.45) is 28.6 Å². The molecule has 0 spiro atoms. The molecular weight excluding hydrogens is 288 g/mol. The first-order chi connectivity index (χ1) is 10.7. The van der Waals surface area contributed by atoms with Crippen LogP contribution in [0.15, 0.2) is 23.8 Å². The Morgan fingerprint density at radius 3 is 2.65 bits per heavy atom. The van der Waals surface area contributed by atoms with Gasteiger partial charge in [0.25, 0.3) is 0 Å². The molecule has 0 bridgehead atoms. The molecule has 4 rings (SSSR count). The predicted octanol–water partition coefficient (Wildman–Crippen LogP) is 3.22. The Labute approximate surface area is 137 Å². The second-order valence-corrected chi connectivity index (χ2v) is 8.69. The van der Waals surface area contributed by atoms with Crippen molar-refractivity contribution in [3.63, 3.8) is 0 Å². The van der Waals surface area contributed by atoms with Gasteiger partial charge in [-0.25, -0.2) is 0 Å². The molecule has 3 nitrogen and oxygen atoms in total. The summed E-state index contributed by atoms with van der Waals surface area (Å²) >= 11 is 0. The number of carbonyl (C=O) groups excluding carboxylic acids is 2. The monoisotopic (exact) mass is 314 g/mol. The van der Waals surface area contributed by atoms with E-state index in [0.29, 0.717) is 18.8 Å². The molecule has 4 aliphatic carbocycles. The van der Waals surface area contributed by atoms with Gasteiger partial charge in [0.05, 0.1) is 11.0 Å². The summed E-state index contributed by atoms with van der Waals surface area (Å²) in [5.41, 5.74) is -0.369. The van der Waals surface area contributed by atoms with Crippen LogP contribution in [0, 0.1) is 28.6 Å². The summed E-state index contributed by atoms with van der Waals surface area (Å²) in [5.74, 6) is 1.06. The van der Waals surface area contributed by atoms with Crippen LogP contribution in [0.5, 0.6) is 0 Å². The van der Waals surface area contributed by atoms with Crippen molar-refractivity contribution >= 4 is 11.6 Å². The van der Waals surface area contributed by atoms with Crippen LogP contribution in [0.2, 0.25) is 0 Å². The van der Waals surface area contributed by atoms with E-state index in [9.17, 15) is 14.7 Å². The van der Waals surface area contributed by atoms with Crippen LogP contribution in [0.25, 0.3) is 0 Å². The molecule has 1 N–H and O–H groups in total. The normalized spacial score (nSPS) is 51.8. The van der Waals surface area contributed by atoms with Gasteiger partial charge in [-0.1, -0.05) is 25.5 Å². The maximum Gasteiger partial charge on any atom is 0.178 e. The van der Waals surface area contributed by atoms with E-state index in [-0.39, 0.29) is 28.8 Å². The van der Waals surface area contributed by atoms with Crippen LogP contribution >= 0.6 is 0 Å². The molecule has 6 atom stereocenters. The maximum absolute atomic E-state index is 12.5. The molecule has 4 aliphatic rings. The van der Waals surface area contributed by atoms with Gasteiger partial charge in [-0.05, 0) is 62.5 Å². The Balaban J connectivity index is 1.81. The van der Waals surface area contributed by atoms with Gasteiger partial charge in [0.1, 0.15) is 5.78 Å². The fourth-order valence-electron chi connectivity index (χ4n) is 6.33. The van der Waals surface area contributed by atoms with Crippen molar-refractivity contribution in [1.29, 1.82) is 0 Å². The fourth-order valence-corrected chi connectivity index (χ4v) is 6.33. The quantitative estimate of drug-likeness (QED) is 0.747. The minimum absolute atomic E-state index is 0.0816. The molecule has 0 saturated heterocycles. The summed E-state index contributed by atoms with van der Waals surface area (Å²) < 4.78 is 0. The number of hydrogen-bond donors (Lipinski definition) is 1. The SMILES string of the molecule is C[C@H]1C[C@@H]2[C@H](CC[C@]3(C)C(=O)CC[C@@]23O)[C@@]2(C)C=CC(=O)C=C12. The van der Waals surface area contributed by atoms with E-state index in [1.807, 2.05) is 13.0 Å². The first-order valence-electron chi connectivity index (χ1n) is 8.93. The topological polar surface area (TPSA) is 54.4 Å². The van der Waals surface area contributed by atoms with Crippen LogP contribution in [0.4, 0.5) is 0 Å². The van der Waals surface area contributed by atoms with Gasteiger partial charge in [-0.15, -0.1) is 0 Å². The van der Waals surface area contributed by atoms with Gasteiger partial charge in [-0.2, -0.15) is 0 Å². The molecule has 3 saturated carbocycles. The Morgan fingerprint density at radius 2 is 1.91 bits per heavy atom. The highest BCUT2D eigenvalue weighted by Crippen LogP contribution is 2.66. The third kappa shape index (κ3) is 1.69. The summed E-state index contributed by atoms with van der Waals surface area (Å²) in [7, 11) is 0. The number of carbonyl (C=O) groups is 2. The van der Waals surface area contributed by atoms with Gasteiger partial charge in [0.2, 0.25) is 0 Å². The van der Waals surface area contributed by atoms with Crippen molar-refractivity contribution in [3.8, 4) is 0 Å². The fraction of sp³-hybridized carbons (Fsp3) is 0.700. The van der Waals surface area contributed by atoms with Crippen molar-refractivity contribution in [2.45, 2.75) is 58.5 Å². The number of aliphatic hydroxyl groups is 1. The van der Waals surface area contributed by atoms with Crippen LogP contribution in [-0.4, -0.2) is 22.3 Å². The molecule has 0 aromatic carbocycles. The van der Waals surface area contributed by atoms with Crippen LogP contribution in [0.3, 0.4) is 0 Å². The average molecular weight is 314 g/mol. The second kappa shape index (κ2) is 4.44. The summed E-state index contributed by atoms with van der Waals surface area (Å²) in [6.07, 6.45) is 9.30. The summed E-state index contributed by atoms with van der Waals surface area (Å²) in [6.45, 7) is 6.37. The maximum atomic E-state index is 12.5. The zero-order valence-corrected chi connectivity index (χ0v) is 14.3. The van der Waals surface area contributed by atoms with Crippen LogP contribution < -0.4 is 0 Å². The van der Waals surface area contributed by atoms with E-state index in [1.54, 1.807) is 6.08 Å². The molecule has 3 fully saturated rings. The molecule has 0 aliphatic heterocycles. The van der Waals surface area contributed by atoms with Crippen molar-refractivity contribution in [2.75, 3.05) is 0 Å². The third-order valence-corrected chi connectivity index (χ3v) is 7.78. The number of allylic oxidation sites excluding steroid dienone is 4. The van der Waals surface area contributed by atoms with Crippen molar-refractivity contribution in [3.05, 3.63) is 23.8 Å². The van der Waals surface area contributed by atoms with Gasteiger partial charge in [-0.3, -0.25) is 9.59 Å². The van der Waals surface area contributed by atoms with E-state index in [4.69, 9.17) is 0 Å². The average Bonchev–Trinajstić information content (AvgIpc) is 2.74. The van der Waals surface area contributed by atoms with Crippen LogP contribution in [-0.2, 0) is 9.59 Å². The zero-order chi connectivity index (χ0) is 16.6. The molecule has 0 unspecified atom stereocenters. The van der Waals surface area contributed by atoms with Crippen molar-refractivity contribution in [1.82, 2.24) is 0 Å². The molecule has 0 radical (unpaired) electrons. The van der Waals surface area contributed by atoms with E-state index in [2.05, 4.69) is 19.9 Å². The van der Waals surface area contributed by atoms with Gasteiger partial charge in [0.15, 0.2) is 5.78 Å². The van der Waals surface area contributed by atoms with Gasteiger partial charge < -0.3 is 5.11 Å². The molecule has 23 heavy (non-hydrogen) atoms. The number of rotatable bonds is 0. The highest BCUT2D eigenvalue weighted by Gasteiger charge is 2.67. The number of hydrogen-bond acceptors (Lipinski definition) is 3. The summed E-state index contributed by atoms with van der Waals surface area (Å²) in [5, 5.41) is 11.6. The number of fused-ring (bicyclic) bond motifs is 5. The molecule has 0 aromatic rings. The van der Waals surface area contributed by atoms with Gasteiger partial charge in [0, 0.05) is 11.8 Å². The Bertz CT molecular complexity index is 660. The lowest BCUT2D eigenvalue weighted by molar-refractivity contribution is -0.177. The van der Waals surface area contributed by atoms with E-state index in [0.717, 1.165) is 19.3 Å². The largest absolute Gasteiger partial charge is 0.389 e. The third-order valence-electron chi connectivity index (χ3n) is 7.78. The lowest BCUT2D eigenvalue weighted by Gasteiger charge is -2.60. The highest BCUT2D eigenvalue weighted by atomic mass is 16.3. The minimum atomic E-state index is -0.870. The van der Waals surface area contributed by atoms with Crippen LogP contribution in [0.1, 0.15) is 52.9 Å². The Kier molecular flexibility index (Phi) is 2.96. The lowest BCUT2D eigenvalue weighted by atomic mass is 9.45. The Morgan fingerprint density at radius 1 is 1.17 bits per heavy atom. The standard InChI is InChI=1S/C20H26O3/c1-12-10-16-14(18(2)7-4-13(21)11-15(12)18)5-8-19(3)17(22)6-9-20(16,19)23/h4,7,11-12,14,16,23H,5-6,8-10H2,1-3H3/t12-,14-,16+,18+,19+,20+/m0/s1. The molecule has 124 valence electrons. The summed E-state index contributed by atoms with van der Waals surface area (Å²) in [6, 6.07) is 0. The highest BCUT2D eigenvalue weighted by molar-refractivity contribution is 6.01. The minimum Gasteiger partial charge on any atom is -0.389 e. The summed E-state index contributed by atoms with van der Waals surface area (Å²) in [4.78, 5) is 24.3. The van der Waals surface area contributed by atoms with E-state index >= 15 is 0 Å². The number of ketones is 2. The van der Waals surface area contributed by atoms with E-state index < -0.39 is 11.0 Å². The predicted molar refractivity (Wildman–Crippen MR) is 87.6 cm³/mol. The molecule has 0 amide bonds. The molecule has 3 heteroatoms. The Hall–Kier alpha value is -1.22. The number of Topliss-reactive ketones (excluding diaryl/α,β-unsaturated/α-hetero) is 1. The van der Waals surface area contributed by atoms with Gasteiger partial charge >= 0.3 is 0 Å². The molecule has 0 aromatic heterocycles. The second-order valence-electron chi connectivity index (χ2n) is 8.69.